The van der Waals surface area contributed by atoms with E-state index in [2.05, 4.69) is 14.6 Å². The van der Waals surface area contributed by atoms with Crippen molar-refractivity contribution in [2.45, 2.75) is 0 Å². The van der Waals surface area contributed by atoms with Crippen molar-refractivity contribution in [3.05, 3.63) is 18.5 Å². The lowest BCUT2D eigenvalue weighted by atomic mass is 10.7. The Labute approximate surface area is 62.1 Å². The molecule has 0 aromatic carbocycles. The van der Waals surface area contributed by atoms with Crippen LogP contribution in [0, 0.1) is 0 Å². The molecule has 0 aliphatic rings. The van der Waals surface area contributed by atoms with Crippen molar-refractivity contribution in [3.63, 3.8) is 0 Å². The average Bonchev–Trinajstić information content (AvgIpc) is 1.85. The van der Waals surface area contributed by atoms with Crippen LogP contribution in [0.1, 0.15) is 0 Å². The first-order valence-electron chi connectivity index (χ1n) is 2.45. The molecule has 60 valence electrons. The Morgan fingerprint density at radius 3 is 2.73 bits per heavy atom. The van der Waals surface area contributed by atoms with E-state index in [-0.39, 0.29) is 0 Å². The molecular weight excluding hydrogens is 174 g/mol. The lowest BCUT2D eigenvalue weighted by Gasteiger charge is -1.89. The zero-order valence-electron chi connectivity index (χ0n) is 5.15. The lowest BCUT2D eigenvalue weighted by Crippen LogP contribution is -2.48. The predicted molar refractivity (Wildman–Crippen MR) is 30.4 cm³/mol. The fourth-order valence-electron chi connectivity index (χ4n) is 0.397. The van der Waals surface area contributed by atoms with Gasteiger partial charge in [0.1, 0.15) is 0 Å². The van der Waals surface area contributed by atoms with Gasteiger partial charge in [-0.2, -0.15) is 12.7 Å². The summed E-state index contributed by atoms with van der Waals surface area (Å²) in [4.78, 5) is 0.509. The first kappa shape index (κ1) is 7.82. The minimum Gasteiger partial charge on any atom is -0.251 e. The molecule has 0 aliphatic heterocycles. The summed E-state index contributed by atoms with van der Waals surface area (Å²) in [5.41, 5.74) is 0. The van der Waals surface area contributed by atoms with Crippen molar-refractivity contribution >= 4 is 10.4 Å². The summed E-state index contributed by atoms with van der Waals surface area (Å²) >= 11 is 0. The second-order valence-electron chi connectivity index (χ2n) is 1.50. The van der Waals surface area contributed by atoms with E-state index < -0.39 is 10.4 Å². The molecule has 0 amide bonds. The van der Waals surface area contributed by atoms with Crippen LogP contribution in [0.5, 0.6) is 0 Å². The zero-order chi connectivity index (χ0) is 8.32. The summed E-state index contributed by atoms with van der Waals surface area (Å²) in [5, 5.41) is 6.45. The fourth-order valence-corrected chi connectivity index (χ4v) is 0.670. The smallest absolute Gasteiger partial charge is 0.251 e. The van der Waals surface area contributed by atoms with E-state index >= 15 is 0 Å². The van der Waals surface area contributed by atoms with Gasteiger partial charge in [0.25, 0.3) is 0 Å². The molecule has 0 radical (unpaired) electrons. The molecule has 0 atom stereocenters. The molecule has 0 unspecified atom stereocenters. The van der Waals surface area contributed by atoms with Gasteiger partial charge >= 0.3 is 10.4 Å². The van der Waals surface area contributed by atoms with E-state index in [1.165, 1.54) is 18.5 Å². The molecule has 8 heteroatoms. The van der Waals surface area contributed by atoms with Crippen molar-refractivity contribution in [3.8, 4) is 0 Å². The molecule has 0 saturated carbocycles. The Kier molecular flexibility index (Phi) is 1.96. The molecule has 7 nitrogen and oxygen atoms in total. The first-order chi connectivity index (χ1) is 5.08. The first-order valence-corrected chi connectivity index (χ1v) is 3.81. The van der Waals surface area contributed by atoms with Gasteiger partial charge in [-0.25, -0.2) is 0 Å². The lowest BCUT2D eigenvalue weighted by molar-refractivity contribution is -0.907. The van der Waals surface area contributed by atoms with Gasteiger partial charge in [0.05, 0.1) is 9.94 Å². The number of rotatable bonds is 2. The van der Waals surface area contributed by atoms with Gasteiger partial charge in [0, 0.05) is 6.07 Å². The number of hydrogen-bond donors (Lipinski definition) is 1. The Bertz CT molecular complexity index is 322. The maximum absolute atomic E-state index is 10.0. The van der Waals surface area contributed by atoms with Crippen LogP contribution < -0.4 is 9.13 Å². The maximum atomic E-state index is 10.0. The molecule has 1 heterocycles. The minimum atomic E-state index is -4.52. The topological polar surface area (TPSA) is 93.3 Å². The van der Waals surface area contributed by atoms with Crippen LogP contribution in [0.4, 0.5) is 0 Å². The van der Waals surface area contributed by atoms with Gasteiger partial charge in [0.15, 0.2) is 17.6 Å². The van der Waals surface area contributed by atoms with Crippen LogP contribution in [0.3, 0.4) is 0 Å². The van der Waals surface area contributed by atoms with Crippen LogP contribution in [-0.2, 0) is 10.4 Å². The van der Waals surface area contributed by atoms with E-state index in [4.69, 9.17) is 4.55 Å². The Balaban J connectivity index is 2.82. The predicted octanol–water partition coefficient (Wildman–Crippen LogP) is -2.00. The van der Waals surface area contributed by atoms with Crippen LogP contribution in [-0.4, -0.2) is 23.3 Å². The van der Waals surface area contributed by atoms with Gasteiger partial charge < -0.3 is 0 Å². The third-order valence-electron chi connectivity index (χ3n) is 0.677. The Morgan fingerprint density at radius 1 is 1.55 bits per heavy atom. The number of nitrogens with zero attached hydrogens (tertiary/aromatic N) is 3. The zero-order valence-corrected chi connectivity index (χ0v) is 5.97. The summed E-state index contributed by atoms with van der Waals surface area (Å²) in [6.07, 6.45) is 2.49. The Morgan fingerprint density at radius 2 is 2.27 bits per heavy atom. The molecule has 1 aromatic rings. The molecule has 1 rings (SSSR count). The van der Waals surface area contributed by atoms with Crippen molar-refractivity contribution < 1.29 is 22.1 Å². The summed E-state index contributed by atoms with van der Waals surface area (Å²) in [6, 6.07) is 1.39. The molecule has 0 aliphatic carbocycles. The molecular formula is C3H4N3O4S+. The van der Waals surface area contributed by atoms with Crippen LogP contribution in [0.2, 0.25) is 0 Å². The second kappa shape index (κ2) is 2.76. The molecule has 1 aromatic heterocycles. The van der Waals surface area contributed by atoms with Crippen molar-refractivity contribution in [2.75, 3.05) is 0 Å². The highest BCUT2D eigenvalue weighted by molar-refractivity contribution is 7.80. The van der Waals surface area contributed by atoms with E-state index in [9.17, 15) is 8.42 Å². The van der Waals surface area contributed by atoms with Gasteiger partial charge in [0.2, 0.25) is 0 Å². The quantitative estimate of drug-likeness (QED) is 0.415. The van der Waals surface area contributed by atoms with Crippen molar-refractivity contribution in [1.29, 1.82) is 0 Å². The Hall–Kier alpha value is -1.28. The van der Waals surface area contributed by atoms with Crippen molar-refractivity contribution in [2.24, 2.45) is 0 Å². The molecule has 1 N–H and O–H groups in total. The standard InChI is InChI=1S/C3H3N3O4S/c7-11(8,9)10-6-3-1-2-4-5-6/h1-3H/p+1. The average molecular weight is 178 g/mol. The largest absolute Gasteiger partial charge is 0.483 e. The summed E-state index contributed by atoms with van der Waals surface area (Å²) in [5.74, 6) is 0. The summed E-state index contributed by atoms with van der Waals surface area (Å²) in [6.45, 7) is 0. The maximum Gasteiger partial charge on any atom is 0.483 e. The molecule has 0 fully saturated rings. The normalized spacial score (nSPS) is 11.0. The third-order valence-corrected chi connectivity index (χ3v) is 1.02. The van der Waals surface area contributed by atoms with E-state index in [0.29, 0.717) is 4.85 Å². The summed E-state index contributed by atoms with van der Waals surface area (Å²) in [7, 11) is -4.52. The molecule has 0 bridgehead atoms. The van der Waals surface area contributed by atoms with Gasteiger partial charge in [-0.1, -0.05) is 0 Å². The second-order valence-corrected chi connectivity index (χ2v) is 2.50. The van der Waals surface area contributed by atoms with Crippen LogP contribution in [0.25, 0.3) is 0 Å². The van der Waals surface area contributed by atoms with Crippen LogP contribution in [0.15, 0.2) is 18.5 Å². The molecule has 0 spiro atoms. The van der Waals surface area contributed by atoms with Crippen LogP contribution >= 0.6 is 0 Å². The minimum absolute atomic E-state index is 0.509. The molecule has 11 heavy (non-hydrogen) atoms. The highest BCUT2D eigenvalue weighted by atomic mass is 32.3. The van der Waals surface area contributed by atoms with E-state index in [1.807, 2.05) is 0 Å². The van der Waals surface area contributed by atoms with Crippen molar-refractivity contribution in [1.82, 2.24) is 10.3 Å². The van der Waals surface area contributed by atoms with E-state index in [1.54, 1.807) is 0 Å². The monoisotopic (exact) mass is 178 g/mol. The van der Waals surface area contributed by atoms with Gasteiger partial charge in [-0.05, 0) is 0 Å². The highest BCUT2D eigenvalue weighted by Gasteiger charge is 2.10. The van der Waals surface area contributed by atoms with Gasteiger partial charge in [-0.15, -0.1) is 0 Å². The molecule has 0 saturated heterocycles. The number of aromatic nitrogens is 3. The van der Waals surface area contributed by atoms with E-state index in [0.717, 1.165) is 0 Å². The third kappa shape index (κ3) is 2.87. The SMILES string of the molecule is O=S(=O)(O)O[n+]1cccnn1. The highest BCUT2D eigenvalue weighted by Crippen LogP contribution is 1.71. The fraction of sp³-hybridized carbons (Fsp3) is 0. The summed E-state index contributed by atoms with van der Waals surface area (Å²) < 4.78 is 32.1. The number of hydrogen-bond acceptors (Lipinski definition) is 5. The van der Waals surface area contributed by atoms with Gasteiger partial charge in [-0.3, -0.25) is 4.55 Å².